The molecular formula is C25H28N4O4. The number of H-pyrrole nitrogens is 1. The van der Waals surface area contributed by atoms with Gasteiger partial charge in [0.05, 0.1) is 6.61 Å². The van der Waals surface area contributed by atoms with Crippen LogP contribution in [0.2, 0.25) is 0 Å². The van der Waals surface area contributed by atoms with E-state index in [0.717, 1.165) is 33.5 Å². The van der Waals surface area contributed by atoms with E-state index in [1.807, 2.05) is 38.1 Å². The second kappa shape index (κ2) is 7.81. The fourth-order valence-electron chi connectivity index (χ4n) is 5.24. The van der Waals surface area contributed by atoms with Gasteiger partial charge >= 0.3 is 6.03 Å². The number of fused-ring (bicyclic) bond motifs is 4. The zero-order valence-electron chi connectivity index (χ0n) is 18.8. The third kappa shape index (κ3) is 3.16. The first-order chi connectivity index (χ1) is 15.9. The van der Waals surface area contributed by atoms with E-state index in [9.17, 15) is 14.7 Å². The van der Waals surface area contributed by atoms with Crippen LogP contribution in [0.5, 0.6) is 11.5 Å². The van der Waals surface area contributed by atoms with Gasteiger partial charge in [-0.15, -0.1) is 0 Å². The van der Waals surface area contributed by atoms with Gasteiger partial charge < -0.3 is 20.6 Å². The Hall–Kier alpha value is -3.52. The quantitative estimate of drug-likeness (QED) is 0.501. The number of phenolic OH excluding ortho intramolecular Hbond substituents is 1. The highest BCUT2D eigenvalue weighted by Crippen LogP contribution is 2.49. The summed E-state index contributed by atoms with van der Waals surface area (Å²) in [5.74, 6) is 0.646. The Bertz CT molecular complexity index is 1250. The molecule has 2 atom stereocenters. The normalized spacial score (nSPS) is 22.1. The van der Waals surface area contributed by atoms with Gasteiger partial charge in [-0.3, -0.25) is 14.6 Å². The average molecular weight is 449 g/mol. The number of nitrogens with one attached hydrogen (secondary N) is 1. The second-order valence-electron chi connectivity index (χ2n) is 8.86. The topological polar surface area (TPSA) is 112 Å². The smallest absolute Gasteiger partial charge is 0.328 e. The van der Waals surface area contributed by atoms with Gasteiger partial charge in [0.25, 0.3) is 5.91 Å². The van der Waals surface area contributed by atoms with Crippen LogP contribution in [0, 0.1) is 0 Å². The van der Waals surface area contributed by atoms with Gasteiger partial charge in [0.15, 0.2) is 0 Å². The molecule has 2 aliphatic rings. The Labute approximate surface area is 191 Å². The zero-order valence-corrected chi connectivity index (χ0v) is 18.8. The summed E-state index contributed by atoms with van der Waals surface area (Å²) in [7, 11) is 0. The Kier molecular flexibility index (Phi) is 5.05. The van der Waals surface area contributed by atoms with Crippen LogP contribution in [-0.2, 0) is 11.2 Å². The van der Waals surface area contributed by atoms with E-state index in [2.05, 4.69) is 4.98 Å². The number of ether oxygens (including phenoxy) is 1. The van der Waals surface area contributed by atoms with Crippen LogP contribution in [-0.4, -0.2) is 57.1 Å². The van der Waals surface area contributed by atoms with Crippen LogP contribution in [0.1, 0.15) is 43.1 Å². The third-order valence-electron chi connectivity index (χ3n) is 6.72. The highest BCUT2D eigenvalue weighted by atomic mass is 16.5. The van der Waals surface area contributed by atoms with Crippen molar-refractivity contribution in [3.63, 3.8) is 0 Å². The van der Waals surface area contributed by atoms with Gasteiger partial charge in [-0.05, 0) is 68.3 Å². The van der Waals surface area contributed by atoms with Gasteiger partial charge in [-0.25, -0.2) is 4.79 Å². The molecule has 2 aromatic carbocycles. The standard InChI is InChI=1S/C25H28N4O4/c1-3-33-17-8-9-20-18(13-17)19-14-25(2)23(31)28(11-5-10-26)24(32)29(25)22(21(19)27-20)15-6-4-7-16(30)12-15/h4,6-9,12-13,22,27,30H,3,5,10-11,14,26H2,1-2H3/t22-,25+/m1/s1. The monoisotopic (exact) mass is 448 g/mol. The number of hydrogen-bond acceptors (Lipinski definition) is 5. The molecule has 0 aliphatic carbocycles. The summed E-state index contributed by atoms with van der Waals surface area (Å²) in [4.78, 5) is 33.7. The first-order valence-corrected chi connectivity index (χ1v) is 11.3. The van der Waals surface area contributed by atoms with Gasteiger partial charge in [0, 0.05) is 29.6 Å². The first-order valence-electron chi connectivity index (χ1n) is 11.3. The summed E-state index contributed by atoms with van der Waals surface area (Å²) in [6, 6.07) is 11.8. The summed E-state index contributed by atoms with van der Waals surface area (Å²) >= 11 is 0. The Morgan fingerprint density at radius 1 is 1.24 bits per heavy atom. The maximum absolute atomic E-state index is 13.6. The molecule has 0 saturated carbocycles. The number of aromatic amines is 1. The summed E-state index contributed by atoms with van der Waals surface area (Å²) in [5, 5.41) is 11.2. The van der Waals surface area contributed by atoms with E-state index in [4.69, 9.17) is 10.5 Å². The number of urea groups is 1. The number of nitrogens with two attached hydrogens (primary N) is 1. The summed E-state index contributed by atoms with van der Waals surface area (Å²) in [6.45, 7) is 5.01. The molecule has 3 heterocycles. The number of amides is 3. The number of rotatable bonds is 6. The Morgan fingerprint density at radius 3 is 2.79 bits per heavy atom. The number of aromatic nitrogens is 1. The van der Waals surface area contributed by atoms with Crippen molar-refractivity contribution in [2.75, 3.05) is 19.7 Å². The lowest BCUT2D eigenvalue weighted by Crippen LogP contribution is -2.53. The number of hydrogen-bond donors (Lipinski definition) is 3. The highest BCUT2D eigenvalue weighted by molar-refractivity contribution is 6.08. The molecule has 3 aromatic rings. The van der Waals surface area contributed by atoms with Gasteiger partial charge in [0.1, 0.15) is 23.1 Å². The molecule has 0 spiro atoms. The van der Waals surface area contributed by atoms with Crippen LogP contribution >= 0.6 is 0 Å². The third-order valence-corrected chi connectivity index (χ3v) is 6.72. The van der Waals surface area contributed by atoms with E-state index >= 15 is 0 Å². The van der Waals surface area contributed by atoms with E-state index in [1.165, 1.54) is 4.90 Å². The first kappa shape index (κ1) is 21.3. The van der Waals surface area contributed by atoms with Crippen molar-refractivity contribution in [1.29, 1.82) is 0 Å². The van der Waals surface area contributed by atoms with Crippen molar-refractivity contribution in [2.24, 2.45) is 5.73 Å². The van der Waals surface area contributed by atoms with Crippen molar-refractivity contribution < 1.29 is 19.4 Å². The van der Waals surface area contributed by atoms with E-state index in [1.54, 1.807) is 23.1 Å². The molecular weight excluding hydrogens is 420 g/mol. The number of phenols is 1. The average Bonchev–Trinajstić information content (AvgIpc) is 3.23. The number of aromatic hydroxyl groups is 1. The number of carbonyl (C=O) groups is 2. The largest absolute Gasteiger partial charge is 0.508 e. The molecule has 172 valence electrons. The fourth-order valence-corrected chi connectivity index (χ4v) is 5.24. The minimum atomic E-state index is -1.05. The minimum absolute atomic E-state index is 0.106. The molecule has 33 heavy (non-hydrogen) atoms. The summed E-state index contributed by atoms with van der Waals surface area (Å²) in [5.41, 5.74) is 8.10. The lowest BCUT2D eigenvalue weighted by molar-refractivity contribution is -0.133. The predicted molar refractivity (Wildman–Crippen MR) is 124 cm³/mol. The lowest BCUT2D eigenvalue weighted by Gasteiger charge is -2.42. The van der Waals surface area contributed by atoms with Crippen LogP contribution < -0.4 is 10.5 Å². The second-order valence-corrected chi connectivity index (χ2v) is 8.86. The van der Waals surface area contributed by atoms with Crippen molar-refractivity contribution in [3.8, 4) is 11.5 Å². The van der Waals surface area contributed by atoms with E-state index < -0.39 is 11.6 Å². The SMILES string of the molecule is CCOc1ccc2[nH]c3c(c2c1)C[C@@]1(C)C(=O)N(CCCN)C(=O)N1[C@@H]3c1cccc(O)c1. The van der Waals surface area contributed by atoms with Crippen LogP contribution in [0.3, 0.4) is 0 Å². The molecule has 5 rings (SSSR count). The molecule has 8 heteroatoms. The van der Waals surface area contributed by atoms with E-state index in [-0.39, 0.29) is 24.2 Å². The molecule has 0 bridgehead atoms. The zero-order chi connectivity index (χ0) is 23.3. The molecule has 4 N–H and O–H groups in total. The van der Waals surface area contributed by atoms with Gasteiger partial charge in [-0.2, -0.15) is 0 Å². The van der Waals surface area contributed by atoms with Crippen LogP contribution in [0.4, 0.5) is 4.79 Å². The molecule has 1 saturated heterocycles. The fraction of sp³-hybridized carbons (Fsp3) is 0.360. The minimum Gasteiger partial charge on any atom is -0.508 e. The molecule has 8 nitrogen and oxygen atoms in total. The van der Waals surface area contributed by atoms with Crippen molar-refractivity contribution in [1.82, 2.24) is 14.8 Å². The maximum Gasteiger partial charge on any atom is 0.328 e. The predicted octanol–water partition coefficient (Wildman–Crippen LogP) is 3.29. The number of nitrogens with zero attached hydrogens (tertiary/aromatic N) is 2. The molecule has 0 unspecified atom stereocenters. The summed E-state index contributed by atoms with van der Waals surface area (Å²) in [6.07, 6.45) is 0.932. The van der Waals surface area contributed by atoms with Crippen LogP contribution in [0.15, 0.2) is 42.5 Å². The van der Waals surface area contributed by atoms with Crippen molar-refractivity contribution in [3.05, 3.63) is 59.3 Å². The van der Waals surface area contributed by atoms with Crippen molar-refractivity contribution >= 4 is 22.8 Å². The number of imide groups is 1. The van der Waals surface area contributed by atoms with Crippen LogP contribution in [0.25, 0.3) is 10.9 Å². The molecule has 1 fully saturated rings. The number of carbonyl (C=O) groups excluding carboxylic acids is 2. The maximum atomic E-state index is 13.6. The van der Waals surface area contributed by atoms with Gasteiger partial charge in [-0.1, -0.05) is 12.1 Å². The van der Waals surface area contributed by atoms with Gasteiger partial charge in [0.2, 0.25) is 0 Å². The Balaban J connectivity index is 1.72. The number of benzene rings is 2. The highest BCUT2D eigenvalue weighted by Gasteiger charge is 2.60. The lowest BCUT2D eigenvalue weighted by atomic mass is 9.81. The molecule has 1 aromatic heterocycles. The van der Waals surface area contributed by atoms with Crippen molar-refractivity contribution in [2.45, 2.75) is 38.3 Å². The van der Waals surface area contributed by atoms with E-state index in [0.29, 0.717) is 26.0 Å². The molecule has 3 amide bonds. The summed E-state index contributed by atoms with van der Waals surface area (Å²) < 4.78 is 5.71. The molecule has 0 radical (unpaired) electrons. The molecule has 2 aliphatic heterocycles. The Morgan fingerprint density at radius 2 is 2.06 bits per heavy atom.